The van der Waals surface area contributed by atoms with Crippen molar-refractivity contribution >= 4 is 23.2 Å². The van der Waals surface area contributed by atoms with Crippen LogP contribution in [0.4, 0.5) is 5.69 Å². The van der Waals surface area contributed by atoms with Crippen LogP contribution in [0.3, 0.4) is 0 Å². The average Bonchev–Trinajstić information content (AvgIpc) is 3.10. The van der Waals surface area contributed by atoms with E-state index < -0.39 is 0 Å². The molecule has 24 heavy (non-hydrogen) atoms. The van der Waals surface area contributed by atoms with E-state index in [0.29, 0.717) is 23.7 Å². The van der Waals surface area contributed by atoms with Crippen LogP contribution in [-0.2, 0) is 13.0 Å². The molecule has 0 unspecified atom stereocenters. The number of anilines is 1. The van der Waals surface area contributed by atoms with Gasteiger partial charge in [-0.2, -0.15) is 0 Å². The molecule has 0 radical (unpaired) electrons. The summed E-state index contributed by atoms with van der Waals surface area (Å²) in [7, 11) is 0. The van der Waals surface area contributed by atoms with E-state index in [4.69, 9.17) is 11.6 Å². The molecule has 1 amide bonds. The second kappa shape index (κ2) is 6.48. The van der Waals surface area contributed by atoms with Crippen LogP contribution < -0.4 is 4.90 Å². The van der Waals surface area contributed by atoms with Crippen molar-refractivity contribution in [3.8, 4) is 0 Å². The number of piperidine rings is 1. The third kappa shape index (κ3) is 2.88. The molecule has 1 saturated heterocycles. The van der Waals surface area contributed by atoms with Crippen molar-refractivity contribution in [2.24, 2.45) is 0 Å². The molecule has 1 aromatic heterocycles. The van der Waals surface area contributed by atoms with E-state index in [1.807, 2.05) is 23.1 Å². The minimum absolute atomic E-state index is 0.000825. The second-order valence-corrected chi connectivity index (χ2v) is 6.92. The Bertz CT molecular complexity index is 751. The Kier molecular flexibility index (Phi) is 4.19. The number of hydrogen-bond acceptors (Lipinski definition) is 3. The molecule has 4 rings (SSSR count). The number of H-pyrrole nitrogens is 1. The minimum Gasteiger partial charge on any atom is -0.372 e. The number of aromatic amines is 1. The van der Waals surface area contributed by atoms with Gasteiger partial charge in [-0.15, -0.1) is 0 Å². The first-order valence-electron chi connectivity index (χ1n) is 8.57. The molecule has 6 heteroatoms. The first-order chi connectivity index (χ1) is 11.7. The molecule has 0 saturated carbocycles. The molecule has 2 aliphatic heterocycles. The average molecular weight is 345 g/mol. The number of carbonyl (C=O) groups excluding carboxylic acids is 1. The van der Waals surface area contributed by atoms with Gasteiger partial charge in [0.1, 0.15) is 0 Å². The topological polar surface area (TPSA) is 52.2 Å². The zero-order chi connectivity index (χ0) is 16.5. The summed E-state index contributed by atoms with van der Waals surface area (Å²) in [6.45, 7) is 3.35. The van der Waals surface area contributed by atoms with Crippen molar-refractivity contribution in [2.75, 3.05) is 24.5 Å². The summed E-state index contributed by atoms with van der Waals surface area (Å²) >= 11 is 6.34. The summed E-state index contributed by atoms with van der Waals surface area (Å²) < 4.78 is 0. The van der Waals surface area contributed by atoms with Gasteiger partial charge in [0.15, 0.2) is 0 Å². The molecule has 0 aliphatic carbocycles. The highest BCUT2D eigenvalue weighted by molar-refractivity contribution is 6.34. The number of carbonyl (C=O) groups is 1. The zero-order valence-corrected chi connectivity index (χ0v) is 14.4. The van der Waals surface area contributed by atoms with Crippen molar-refractivity contribution in [1.29, 1.82) is 0 Å². The van der Waals surface area contributed by atoms with E-state index in [2.05, 4.69) is 14.9 Å². The molecule has 0 atom stereocenters. The third-order valence-electron chi connectivity index (χ3n) is 4.96. The molecule has 0 spiro atoms. The number of halogens is 1. The molecular weight excluding hydrogens is 324 g/mol. The number of nitrogens with one attached hydrogen (secondary N) is 1. The summed E-state index contributed by atoms with van der Waals surface area (Å²) in [6.07, 6.45) is 6.19. The van der Waals surface area contributed by atoms with Crippen LogP contribution in [0.15, 0.2) is 24.5 Å². The predicted octanol–water partition coefficient (Wildman–Crippen LogP) is 3.25. The Labute approximate surface area is 146 Å². The lowest BCUT2D eigenvalue weighted by molar-refractivity contribution is 0.0732. The van der Waals surface area contributed by atoms with E-state index in [1.165, 1.54) is 19.3 Å². The Morgan fingerprint density at radius 3 is 2.83 bits per heavy atom. The molecule has 1 aromatic carbocycles. The minimum atomic E-state index is -0.000825. The van der Waals surface area contributed by atoms with E-state index >= 15 is 0 Å². The highest BCUT2D eigenvalue weighted by Gasteiger charge is 2.25. The number of hydrogen-bond donors (Lipinski definition) is 1. The van der Waals surface area contributed by atoms with Crippen LogP contribution in [0.25, 0.3) is 0 Å². The van der Waals surface area contributed by atoms with Crippen molar-refractivity contribution in [3.05, 3.63) is 46.5 Å². The van der Waals surface area contributed by atoms with E-state index in [9.17, 15) is 4.79 Å². The van der Waals surface area contributed by atoms with Crippen LogP contribution in [0.1, 0.15) is 41.0 Å². The largest absolute Gasteiger partial charge is 0.372 e. The van der Waals surface area contributed by atoms with Gasteiger partial charge < -0.3 is 14.8 Å². The van der Waals surface area contributed by atoms with Crippen molar-refractivity contribution in [1.82, 2.24) is 14.9 Å². The number of rotatable bonds is 2. The fraction of sp³-hybridized carbons (Fsp3) is 0.444. The van der Waals surface area contributed by atoms with Gasteiger partial charge in [0.05, 0.1) is 34.8 Å². The Morgan fingerprint density at radius 1 is 1.17 bits per heavy atom. The maximum absolute atomic E-state index is 13.0. The summed E-state index contributed by atoms with van der Waals surface area (Å²) in [5.74, 6) is -0.000825. The van der Waals surface area contributed by atoms with Crippen LogP contribution in [0.2, 0.25) is 5.02 Å². The Hall–Kier alpha value is -2.01. The molecule has 1 fully saturated rings. The molecular formula is C18H21ClN4O. The SMILES string of the molecule is O=C(c1cc(N2CCCCC2)ccc1Cl)N1CCc2nc[nH]c2C1. The molecule has 1 N–H and O–H groups in total. The van der Waals surface area contributed by atoms with E-state index in [0.717, 1.165) is 36.6 Å². The molecule has 2 aromatic rings. The van der Waals surface area contributed by atoms with Crippen LogP contribution in [0.5, 0.6) is 0 Å². The van der Waals surface area contributed by atoms with Gasteiger partial charge in [-0.05, 0) is 37.5 Å². The standard InChI is InChI=1S/C18H21ClN4O/c19-15-5-4-13(22-7-2-1-3-8-22)10-14(15)18(24)23-9-6-16-17(11-23)21-12-20-16/h4-5,10,12H,1-3,6-9,11H2,(H,20,21). The lowest BCUT2D eigenvalue weighted by Gasteiger charge is -2.30. The number of imidazole rings is 1. The van der Waals surface area contributed by atoms with Crippen molar-refractivity contribution < 1.29 is 4.79 Å². The first-order valence-corrected chi connectivity index (χ1v) is 8.95. The molecule has 5 nitrogen and oxygen atoms in total. The number of amides is 1. The molecule has 0 bridgehead atoms. The van der Waals surface area contributed by atoms with Gasteiger partial charge in [0, 0.05) is 31.7 Å². The summed E-state index contributed by atoms with van der Waals surface area (Å²) in [6, 6.07) is 5.83. The molecule has 3 heterocycles. The van der Waals surface area contributed by atoms with Crippen LogP contribution in [0, 0.1) is 0 Å². The van der Waals surface area contributed by atoms with E-state index in [-0.39, 0.29) is 5.91 Å². The van der Waals surface area contributed by atoms with Gasteiger partial charge in [-0.3, -0.25) is 4.79 Å². The fourth-order valence-corrected chi connectivity index (χ4v) is 3.78. The van der Waals surface area contributed by atoms with Crippen LogP contribution in [-0.4, -0.2) is 40.4 Å². The first kappa shape index (κ1) is 15.5. The second-order valence-electron chi connectivity index (χ2n) is 6.52. The van der Waals surface area contributed by atoms with Gasteiger partial charge >= 0.3 is 0 Å². The van der Waals surface area contributed by atoms with Gasteiger partial charge in [-0.1, -0.05) is 11.6 Å². The van der Waals surface area contributed by atoms with Crippen molar-refractivity contribution in [2.45, 2.75) is 32.2 Å². The van der Waals surface area contributed by atoms with Gasteiger partial charge in [0.2, 0.25) is 0 Å². The summed E-state index contributed by atoms with van der Waals surface area (Å²) in [4.78, 5) is 24.6. The number of aromatic nitrogens is 2. The Morgan fingerprint density at radius 2 is 2.00 bits per heavy atom. The van der Waals surface area contributed by atoms with Gasteiger partial charge in [0.25, 0.3) is 5.91 Å². The zero-order valence-electron chi connectivity index (χ0n) is 13.6. The summed E-state index contributed by atoms with van der Waals surface area (Å²) in [5, 5.41) is 0.524. The molecule has 126 valence electrons. The van der Waals surface area contributed by atoms with E-state index in [1.54, 1.807) is 6.33 Å². The predicted molar refractivity (Wildman–Crippen MR) is 94.5 cm³/mol. The van der Waals surface area contributed by atoms with Gasteiger partial charge in [-0.25, -0.2) is 4.98 Å². The Balaban J connectivity index is 1.57. The van der Waals surface area contributed by atoms with Crippen molar-refractivity contribution in [3.63, 3.8) is 0 Å². The maximum Gasteiger partial charge on any atom is 0.255 e. The highest BCUT2D eigenvalue weighted by atomic mass is 35.5. The van der Waals surface area contributed by atoms with Crippen LogP contribution >= 0.6 is 11.6 Å². The number of benzene rings is 1. The summed E-state index contributed by atoms with van der Waals surface area (Å²) in [5.41, 5.74) is 3.79. The quantitative estimate of drug-likeness (QED) is 0.909. The maximum atomic E-state index is 13.0. The number of nitrogens with zero attached hydrogens (tertiary/aromatic N) is 3. The normalized spacial score (nSPS) is 17.7. The third-order valence-corrected chi connectivity index (χ3v) is 5.29. The smallest absolute Gasteiger partial charge is 0.255 e. The lowest BCUT2D eigenvalue weighted by atomic mass is 10.1. The number of fused-ring (bicyclic) bond motifs is 1. The lowest BCUT2D eigenvalue weighted by Crippen LogP contribution is -2.36. The highest BCUT2D eigenvalue weighted by Crippen LogP contribution is 2.28. The molecule has 2 aliphatic rings. The monoisotopic (exact) mass is 344 g/mol. The fourth-order valence-electron chi connectivity index (χ4n) is 3.58.